The average molecular weight is 1170 g/mol. The van der Waals surface area contributed by atoms with Crippen molar-refractivity contribution >= 4 is 115 Å². The Kier molecular flexibility index (Phi) is 26.0. The van der Waals surface area contributed by atoms with Gasteiger partial charge in [0.2, 0.25) is 10.6 Å². The van der Waals surface area contributed by atoms with E-state index >= 15 is 0 Å². The Balaban J connectivity index is 0.000000501. The van der Waals surface area contributed by atoms with Gasteiger partial charge in [0.1, 0.15) is 25.3 Å². The number of carbonyl (C=O) groups excluding carboxylic acids is 1. The molecule has 65 heavy (non-hydrogen) atoms. The second-order valence-corrected chi connectivity index (χ2v) is 23.5. The molecule has 3 N–H and O–H groups in total. The molecule has 0 spiro atoms. The van der Waals surface area contributed by atoms with Gasteiger partial charge in [-0.05, 0) is 156 Å². The number of halogens is 6. The summed E-state index contributed by atoms with van der Waals surface area (Å²) in [6.45, 7) is 6.75. The van der Waals surface area contributed by atoms with Gasteiger partial charge in [0.05, 0.1) is 45.9 Å². The van der Waals surface area contributed by atoms with Gasteiger partial charge in [-0.2, -0.15) is 25.4 Å². The molecule has 2 aliphatic carbocycles. The van der Waals surface area contributed by atoms with Gasteiger partial charge in [0.15, 0.2) is 0 Å². The standard InChI is InChI=1S/C19H18BrClN5OP.C15H18N3OP.C4HBrCl2N2.CH3F.CH2O3.2K.H/c1-28(2,27)17-9-12(15-8-7-14(25-26-15)11-3-4-11)5-6-16(17)23-18-13(20)10-22-19(21)24-18;1-20(2,19)15-9-11(5-6-12(15)16)14-8-7-13(17-18-14)10-3-4-10;5-2-1-8-4(7)9-3(2)6;1-2;2-1-4-3;;;/h5-11H,3-4H2,1-2H3,(H,22,23,24);5-10H,3-4,16H2,1-2H3;1H;1H3;1,3H;;;/q;;;;;2*+1;-1/p-1/i;;;1D;;;;. The van der Waals surface area contributed by atoms with Gasteiger partial charge in [-0.3, -0.25) is 9.18 Å². The normalized spacial score (nSPS) is 12.8. The fourth-order valence-electron chi connectivity index (χ4n) is 5.49. The van der Waals surface area contributed by atoms with Crippen LogP contribution in [0.5, 0.6) is 0 Å². The molecular formula is C40H42Br2Cl3FK2N10O5P2. The molecule has 6 aromatic rings. The molecule has 0 unspecified atom stereocenters. The Morgan fingerprint density at radius 2 is 1.23 bits per heavy atom. The SMILES string of the molecule is CP(C)(=O)c1cc(-c2ccc(C3CC3)nn2)ccc1N.CP(C)(=O)c1cc(-c2ccc(C3CC3)nn2)ccc1Nc1nc(Cl)ncc1Br.Clc1ncc(Br)c(Cl)n1.O=CO[O-].[2H]CF.[H-].[K+].[K+]. The predicted octanol–water partition coefficient (Wildman–Crippen LogP) is 3.76. The number of nitrogens with one attached hydrogen (secondary N) is 1. The molecule has 15 nitrogen and oxygen atoms in total. The molecule has 2 saturated carbocycles. The number of aromatic nitrogens is 8. The van der Waals surface area contributed by atoms with Gasteiger partial charge in [-0.25, -0.2) is 15.0 Å². The van der Waals surface area contributed by atoms with Crippen molar-refractivity contribution in [2.45, 2.75) is 37.5 Å². The number of nitrogens with zero attached hydrogens (tertiary/aromatic N) is 8. The molecule has 0 bridgehead atoms. The minimum absolute atomic E-state index is 0. The van der Waals surface area contributed by atoms with E-state index in [2.05, 4.69) is 82.4 Å². The van der Waals surface area contributed by atoms with Gasteiger partial charge in [0.25, 0.3) is 6.47 Å². The van der Waals surface area contributed by atoms with Crippen LogP contribution in [0, 0.1) is 0 Å². The summed E-state index contributed by atoms with van der Waals surface area (Å²) in [7, 11) is -5.98. The summed E-state index contributed by atoms with van der Waals surface area (Å²) in [6, 6.07) is 19.3. The third-order valence-corrected chi connectivity index (χ3v) is 13.9. The monoisotopic (exact) mass is 1160 g/mol. The molecule has 0 amide bonds. The molecule has 25 heteroatoms. The van der Waals surface area contributed by atoms with Crippen molar-refractivity contribution in [1.82, 2.24) is 40.3 Å². The van der Waals surface area contributed by atoms with Crippen molar-refractivity contribution in [2.24, 2.45) is 0 Å². The first-order valence-electron chi connectivity index (χ1n) is 19.2. The molecular weight excluding hydrogens is 1130 g/mol. The zero-order chi connectivity index (χ0) is 47.2. The summed E-state index contributed by atoms with van der Waals surface area (Å²) in [4.78, 5) is 26.7. The van der Waals surface area contributed by atoms with Crippen molar-refractivity contribution in [1.29, 1.82) is 0 Å². The third-order valence-electron chi connectivity index (χ3n) is 8.82. The number of rotatable bonds is 9. The minimum atomic E-state index is -2.58. The topological polar surface area (TPSA) is 225 Å². The molecule has 8 rings (SSSR count). The molecule has 4 aromatic heterocycles. The van der Waals surface area contributed by atoms with Crippen molar-refractivity contribution in [3.63, 3.8) is 0 Å². The maximum atomic E-state index is 13.0. The fraction of sp³-hybridized carbons (Fsp3) is 0.275. The van der Waals surface area contributed by atoms with E-state index in [9.17, 15) is 13.5 Å². The Morgan fingerprint density at radius 1 is 0.785 bits per heavy atom. The van der Waals surface area contributed by atoms with Gasteiger partial charge in [-0.1, -0.05) is 23.7 Å². The summed E-state index contributed by atoms with van der Waals surface area (Å²) >= 11 is 23.3. The minimum Gasteiger partial charge on any atom is -1.00 e. The van der Waals surface area contributed by atoms with E-state index in [1.165, 1.54) is 31.9 Å². The van der Waals surface area contributed by atoms with Crippen LogP contribution in [0.1, 0.15) is 51.7 Å². The van der Waals surface area contributed by atoms with Crippen LogP contribution in [0.2, 0.25) is 15.7 Å². The largest absolute Gasteiger partial charge is 1.00 e. The summed E-state index contributed by atoms with van der Waals surface area (Å²) in [6.07, 6.45) is 7.88. The maximum Gasteiger partial charge on any atom is 1.00 e. The molecule has 0 saturated heterocycles. The first-order valence-corrected chi connectivity index (χ1v) is 26.4. The van der Waals surface area contributed by atoms with E-state index in [1.54, 1.807) is 38.9 Å². The second kappa shape index (κ2) is 28.8. The number of benzene rings is 2. The van der Waals surface area contributed by atoms with Crippen LogP contribution in [-0.2, 0) is 18.8 Å². The summed E-state index contributed by atoms with van der Waals surface area (Å²) in [5, 5.41) is 31.0. The van der Waals surface area contributed by atoms with Gasteiger partial charge in [-0.15, -0.1) is 0 Å². The Morgan fingerprint density at radius 3 is 1.63 bits per heavy atom. The maximum absolute atomic E-state index is 13.0. The Hall–Kier alpha value is -0.717. The quantitative estimate of drug-likeness (QED) is 0.0308. The number of nitrogen functional groups attached to an aromatic ring is 1. The number of nitrogens with two attached hydrogens (primary N) is 1. The van der Waals surface area contributed by atoms with E-state index in [0.717, 1.165) is 33.9 Å². The van der Waals surface area contributed by atoms with Crippen LogP contribution < -0.4 is 130 Å². The van der Waals surface area contributed by atoms with Gasteiger partial charge < -0.3 is 31.8 Å². The van der Waals surface area contributed by atoms with Crippen molar-refractivity contribution in [3.8, 4) is 22.5 Å². The van der Waals surface area contributed by atoms with Crippen LogP contribution in [0.15, 0.2) is 82.0 Å². The summed E-state index contributed by atoms with van der Waals surface area (Å²) in [5.41, 5.74) is 12.7. The van der Waals surface area contributed by atoms with E-state index in [1.807, 2.05) is 54.6 Å². The molecule has 2 fully saturated rings. The number of hydrogen-bond acceptors (Lipinski definition) is 15. The summed E-state index contributed by atoms with van der Waals surface area (Å²) < 4.78 is 42.0. The molecule has 0 aliphatic heterocycles. The smallest absolute Gasteiger partial charge is 1.00 e. The zero-order valence-corrected chi connectivity index (χ0v) is 49.5. The first kappa shape index (κ1) is 58.6. The van der Waals surface area contributed by atoms with Crippen molar-refractivity contribution in [2.75, 3.05) is 44.9 Å². The number of anilines is 3. The summed E-state index contributed by atoms with van der Waals surface area (Å²) in [5.74, 6) is 1.68. The number of carbonyl (C=O) groups is 1. The molecule has 2 aliphatic rings. The second-order valence-electron chi connectivity index (χ2n) is 14.4. The van der Waals surface area contributed by atoms with E-state index in [0.29, 0.717) is 53.7 Å². The fourth-order valence-corrected chi connectivity index (χ4v) is 8.71. The van der Waals surface area contributed by atoms with Gasteiger partial charge >= 0.3 is 103 Å². The van der Waals surface area contributed by atoms with E-state index in [-0.39, 0.29) is 121 Å². The number of hydrogen-bond donors (Lipinski definition) is 2. The van der Waals surface area contributed by atoms with Crippen LogP contribution in [0.3, 0.4) is 0 Å². The number of alkyl halides is 1. The van der Waals surface area contributed by atoms with E-state index in [4.69, 9.17) is 52.0 Å². The zero-order valence-electron chi connectivity index (χ0n) is 38.1. The predicted molar refractivity (Wildman–Crippen MR) is 255 cm³/mol. The molecule has 2 aromatic carbocycles. The van der Waals surface area contributed by atoms with Gasteiger partial charge in [0, 0.05) is 51.7 Å². The van der Waals surface area contributed by atoms with Crippen LogP contribution in [0.25, 0.3) is 22.5 Å². The van der Waals surface area contributed by atoms with Crippen LogP contribution in [-0.4, -0.2) is 80.6 Å². The molecule has 0 atom stereocenters. The van der Waals surface area contributed by atoms with E-state index < -0.39 is 21.4 Å². The van der Waals surface area contributed by atoms with Crippen LogP contribution in [0.4, 0.5) is 21.6 Å². The molecule has 336 valence electrons. The Bertz CT molecular complexity index is 2630. The third kappa shape index (κ3) is 19.5. The van der Waals surface area contributed by atoms with Crippen molar-refractivity contribution < 1.29 is 134 Å². The average Bonchev–Trinajstić information content (AvgIpc) is 4.20. The molecule has 0 radical (unpaired) electrons. The van der Waals surface area contributed by atoms with Crippen molar-refractivity contribution in [3.05, 3.63) is 109 Å². The first-order chi connectivity index (χ1) is 30.3. The van der Waals surface area contributed by atoms with Crippen LogP contribution >= 0.6 is 80.9 Å². The Labute approximate surface area is 496 Å². The molecule has 4 heterocycles.